The van der Waals surface area contributed by atoms with Crippen molar-refractivity contribution in [1.82, 2.24) is 0 Å². The second kappa shape index (κ2) is 41.3. The molecule has 0 unspecified atom stereocenters. The first-order valence-corrected chi connectivity index (χ1v) is 0.289. The molecule has 0 aromatic rings. The first kappa shape index (κ1) is 20.8. The predicted molar refractivity (Wildman–Crippen MR) is 14.6 cm³/mol. The fourth-order valence-electron chi connectivity index (χ4n) is 0. The van der Waals surface area contributed by atoms with Crippen LogP contribution in [0.25, 0.3) is 0 Å². The van der Waals surface area contributed by atoms with E-state index in [1.165, 1.54) is 0 Å². The zero-order valence-corrected chi connectivity index (χ0v) is 6.69. The van der Waals surface area contributed by atoms with Crippen molar-refractivity contribution in [2.75, 3.05) is 0 Å². The molecule has 0 rings (SSSR count). The van der Waals surface area contributed by atoms with Crippen LogP contribution in [0.5, 0.6) is 0 Å². The molecule has 0 aliphatic heterocycles. The molecule has 0 spiro atoms. The molecule has 20 valence electrons. The van der Waals surface area contributed by atoms with E-state index in [0.29, 0.717) is 0 Å². The molecule has 0 aliphatic rings. The Hall–Kier alpha value is 0.885. The van der Waals surface area contributed by atoms with Crippen molar-refractivity contribution in [2.45, 2.75) is 0 Å². The molecule has 0 nitrogen and oxygen atoms in total. The molecule has 4 heavy (non-hydrogen) atoms. The van der Waals surface area contributed by atoms with Crippen molar-refractivity contribution in [3.63, 3.8) is 0 Å². The van der Waals surface area contributed by atoms with Gasteiger partial charge in [0.05, 0.1) is 0 Å². The maximum absolute atomic E-state index is 5.25. The van der Waals surface area contributed by atoms with E-state index in [1.54, 1.807) is 0 Å². The Morgan fingerprint density at radius 2 is 1.25 bits per heavy atom. The zero-order chi connectivity index (χ0) is 2.00. The molecule has 0 heterocycles. The summed E-state index contributed by atoms with van der Waals surface area (Å²) in [4.78, 5) is 0. The number of terminal acetylenes is 1. The first-order valence-electron chi connectivity index (χ1n) is 0.289. The third kappa shape index (κ3) is 13.1. The van der Waals surface area contributed by atoms with Gasteiger partial charge in [-0.1, -0.05) is 0 Å². The molecule has 0 saturated carbocycles. The average Bonchev–Trinajstić information content (AvgIpc) is 1.00. The van der Waals surface area contributed by atoms with Gasteiger partial charge in [0.25, 0.3) is 0 Å². The Labute approximate surface area is 59.7 Å². The van der Waals surface area contributed by atoms with E-state index in [4.69, 9.17) is 6.42 Å². The molecule has 0 fully saturated rings. The van der Waals surface area contributed by atoms with Crippen LogP contribution in [0.1, 0.15) is 0 Å². The van der Waals surface area contributed by atoms with Gasteiger partial charge < -0.3 is 20.3 Å². The summed E-state index contributed by atoms with van der Waals surface area (Å²) in [5.41, 5.74) is 0. The Morgan fingerprint density at radius 1 is 1.25 bits per heavy atom. The number of hydrogen-bond acceptors (Lipinski definition) is 0. The Morgan fingerprint density at radius 3 is 1.25 bits per heavy atom. The van der Waals surface area contributed by atoms with Gasteiger partial charge in [-0.2, -0.15) is 0 Å². The largest absolute Gasteiger partial charge is 2.00 e. The van der Waals surface area contributed by atoms with Crippen LogP contribution in [0.2, 0.25) is 0 Å². The van der Waals surface area contributed by atoms with Gasteiger partial charge in [0.2, 0.25) is 0 Å². The number of hydrogen-bond donors (Lipinski definition) is 0. The molecule has 0 aliphatic carbocycles. The summed E-state index contributed by atoms with van der Waals surface area (Å²) in [6, 6.07) is 0. The van der Waals surface area contributed by atoms with Crippen molar-refractivity contribution >= 4 is 0 Å². The molecule has 0 N–H and O–H groups in total. The molecule has 0 aromatic heterocycles. The fraction of sp³-hybridized carbons (Fsp3) is 0. The van der Waals surface area contributed by atoms with Gasteiger partial charge in [0.1, 0.15) is 0 Å². The van der Waals surface area contributed by atoms with Gasteiger partial charge in [-0.05, 0) is 0 Å². The minimum Gasteiger partial charge on any atom is -0.697 e. The summed E-state index contributed by atoms with van der Waals surface area (Å²) in [7, 11) is 0. The van der Waals surface area contributed by atoms with Gasteiger partial charge in [-0.15, -0.1) is 0 Å². The molecule has 0 aromatic carbocycles. The van der Waals surface area contributed by atoms with Gasteiger partial charge in [-0.3, -0.25) is 0 Å². The van der Waals surface area contributed by atoms with Crippen molar-refractivity contribution in [3.8, 4) is 6.42 Å². The van der Waals surface area contributed by atoms with Gasteiger partial charge >= 0.3 is 39.9 Å². The van der Waals surface area contributed by atoms with Gasteiger partial charge in [0, 0.05) is 0 Å². The summed E-state index contributed by atoms with van der Waals surface area (Å²) in [6.45, 7) is 0. The van der Waals surface area contributed by atoms with Crippen molar-refractivity contribution in [3.05, 3.63) is 13.9 Å². The second-order valence-corrected chi connectivity index (χ2v) is 0. The van der Waals surface area contributed by atoms with E-state index in [1.807, 2.05) is 0 Å². The first-order chi connectivity index (χ1) is 1.00. The van der Waals surface area contributed by atoms with E-state index >= 15 is 0 Å². The second-order valence-electron chi connectivity index (χ2n) is 0. The van der Waals surface area contributed by atoms with Crippen molar-refractivity contribution in [1.29, 1.82) is 0 Å². The van der Waals surface area contributed by atoms with E-state index in [9.17, 15) is 0 Å². The maximum atomic E-state index is 5.25. The summed E-state index contributed by atoms with van der Waals surface area (Å²) < 4.78 is 0. The predicted octanol–water partition coefficient (Wildman–Crippen LogP) is 0.656. The molecule has 1 heteroatoms. The zero-order valence-electron chi connectivity index (χ0n) is 2.58. The molecular weight excluding hydrogens is 268 g/mol. The average molecular weight is 272 g/mol. The summed E-state index contributed by atoms with van der Waals surface area (Å²) >= 11 is 0. The van der Waals surface area contributed by atoms with Crippen molar-refractivity contribution < 1.29 is 39.9 Å². The fourth-order valence-corrected chi connectivity index (χ4v) is 0. The van der Waals surface area contributed by atoms with Crippen LogP contribution in [0.3, 0.4) is 0 Å². The quantitative estimate of drug-likeness (QED) is 0.449. The Balaban J connectivity index is -0.00000000500. The SMILES string of the molecule is [C-]#C.[CH3-].[Th+2]. The third-order valence-corrected chi connectivity index (χ3v) is 0. The minimum absolute atomic E-state index is 0. The van der Waals surface area contributed by atoms with Gasteiger partial charge in [-0.25, -0.2) is 0 Å². The van der Waals surface area contributed by atoms with Crippen LogP contribution in [0.4, 0.5) is 0 Å². The van der Waals surface area contributed by atoms with Crippen LogP contribution >= 0.6 is 0 Å². The maximum Gasteiger partial charge on any atom is 2.00 e. The van der Waals surface area contributed by atoms with Crippen LogP contribution in [0.15, 0.2) is 0 Å². The molecule has 0 bridgehead atoms. The number of rotatable bonds is 0. The van der Waals surface area contributed by atoms with Crippen LogP contribution in [-0.2, 0) is 0 Å². The molecular formula is C3H4Th. The molecule has 0 atom stereocenters. The van der Waals surface area contributed by atoms with E-state index in [2.05, 4.69) is 6.42 Å². The third-order valence-electron chi connectivity index (χ3n) is 0. The summed E-state index contributed by atoms with van der Waals surface area (Å²) in [5.74, 6) is 0. The molecule has 0 radical (unpaired) electrons. The minimum atomic E-state index is 0. The summed E-state index contributed by atoms with van der Waals surface area (Å²) in [6.07, 6.45) is 9.00. The standard InChI is InChI=1S/C2H.CH3.Th/c1-2;;/h1H;1H3;/q2*-1;+2. The van der Waals surface area contributed by atoms with Crippen LogP contribution in [0, 0.1) is 60.2 Å². The van der Waals surface area contributed by atoms with E-state index in [-0.39, 0.29) is 47.4 Å². The summed E-state index contributed by atoms with van der Waals surface area (Å²) in [5, 5.41) is 0. The molecule has 0 amide bonds. The molecule has 0 saturated heterocycles. The Kier molecular flexibility index (Phi) is 214. The topological polar surface area (TPSA) is 0 Å². The Bertz CT molecular complexity index is 8.00. The van der Waals surface area contributed by atoms with Crippen molar-refractivity contribution in [2.24, 2.45) is 0 Å². The van der Waals surface area contributed by atoms with E-state index in [0.717, 1.165) is 0 Å². The van der Waals surface area contributed by atoms with E-state index < -0.39 is 0 Å². The van der Waals surface area contributed by atoms with Crippen LogP contribution in [-0.4, -0.2) is 0 Å². The normalized spacial score (nSPS) is 0.500. The van der Waals surface area contributed by atoms with Gasteiger partial charge in [0.15, 0.2) is 0 Å². The smallest absolute Gasteiger partial charge is 0.697 e. The monoisotopic (exact) mass is 272 g/mol. The van der Waals surface area contributed by atoms with Crippen LogP contribution < -0.4 is 0 Å².